The van der Waals surface area contributed by atoms with Gasteiger partial charge in [-0.05, 0) is 47.9 Å². The first-order chi connectivity index (χ1) is 11.8. The molecular formula is C18H26N2O3S2. The van der Waals surface area contributed by atoms with Crippen LogP contribution < -0.4 is 9.62 Å². The number of anilines is 1. The van der Waals surface area contributed by atoms with Crippen LogP contribution in [0.2, 0.25) is 0 Å². The molecule has 1 aromatic heterocycles. The number of nitrogens with one attached hydrogen (secondary N) is 1. The summed E-state index contributed by atoms with van der Waals surface area (Å²) >= 11 is 1.21. The lowest BCUT2D eigenvalue weighted by molar-refractivity contribution is 0.158. The van der Waals surface area contributed by atoms with E-state index in [1.807, 2.05) is 50.2 Å². The van der Waals surface area contributed by atoms with Crippen LogP contribution in [0.5, 0.6) is 0 Å². The average Bonchev–Trinajstić information content (AvgIpc) is 3.13. The largest absolute Gasteiger partial charge is 0.388 e. The van der Waals surface area contributed by atoms with Crippen LogP contribution >= 0.6 is 11.3 Å². The van der Waals surface area contributed by atoms with Crippen molar-refractivity contribution in [2.45, 2.75) is 30.1 Å². The van der Waals surface area contributed by atoms with Gasteiger partial charge >= 0.3 is 0 Å². The van der Waals surface area contributed by atoms with Gasteiger partial charge in [0, 0.05) is 26.3 Å². The number of nitrogens with zero attached hydrogens (tertiary/aromatic N) is 1. The van der Waals surface area contributed by atoms with E-state index in [0.717, 1.165) is 17.7 Å². The monoisotopic (exact) mass is 382 g/mol. The van der Waals surface area contributed by atoms with E-state index < -0.39 is 16.1 Å². The molecule has 7 heteroatoms. The van der Waals surface area contributed by atoms with E-state index in [2.05, 4.69) is 4.72 Å². The number of thiophene rings is 1. The molecule has 5 nitrogen and oxygen atoms in total. The number of aliphatic hydroxyl groups is 1. The maximum Gasteiger partial charge on any atom is 0.250 e. The van der Waals surface area contributed by atoms with Gasteiger partial charge in [-0.3, -0.25) is 0 Å². The summed E-state index contributed by atoms with van der Waals surface area (Å²) in [6, 6.07) is 11.2. The summed E-state index contributed by atoms with van der Waals surface area (Å²) in [7, 11) is 0.539. The van der Waals surface area contributed by atoms with E-state index in [1.54, 1.807) is 17.5 Å². The van der Waals surface area contributed by atoms with Crippen LogP contribution in [0.3, 0.4) is 0 Å². The van der Waals surface area contributed by atoms with Crippen molar-refractivity contribution in [3.8, 4) is 0 Å². The van der Waals surface area contributed by atoms with Crippen LogP contribution in [0.25, 0.3) is 0 Å². The molecule has 0 saturated heterocycles. The predicted molar refractivity (Wildman–Crippen MR) is 104 cm³/mol. The Kier molecular flexibility index (Phi) is 7.01. The van der Waals surface area contributed by atoms with E-state index in [0.29, 0.717) is 17.2 Å². The quantitative estimate of drug-likeness (QED) is 0.698. The molecule has 0 aliphatic heterocycles. The second-order valence-electron chi connectivity index (χ2n) is 6.47. The number of hydrogen-bond donors (Lipinski definition) is 2. The average molecular weight is 383 g/mol. The molecule has 0 amide bonds. The van der Waals surface area contributed by atoms with Crippen molar-refractivity contribution in [1.29, 1.82) is 0 Å². The Morgan fingerprint density at radius 2 is 1.84 bits per heavy atom. The lowest BCUT2D eigenvalue weighted by Crippen LogP contribution is -2.28. The number of aliphatic hydroxyl groups excluding tert-OH is 1. The predicted octanol–water partition coefficient (Wildman–Crippen LogP) is 3.24. The first-order valence-electron chi connectivity index (χ1n) is 8.28. The topological polar surface area (TPSA) is 69.6 Å². The summed E-state index contributed by atoms with van der Waals surface area (Å²) in [5.41, 5.74) is 1.98. The van der Waals surface area contributed by atoms with Gasteiger partial charge in [-0.15, -0.1) is 11.3 Å². The number of hydrogen-bond acceptors (Lipinski definition) is 5. The number of benzene rings is 1. The molecule has 0 fully saturated rings. The molecule has 0 radical (unpaired) electrons. The van der Waals surface area contributed by atoms with Crippen LogP contribution in [0, 0.1) is 5.92 Å². The van der Waals surface area contributed by atoms with Gasteiger partial charge in [-0.25, -0.2) is 13.1 Å². The zero-order valence-corrected chi connectivity index (χ0v) is 16.5. The van der Waals surface area contributed by atoms with Crippen LogP contribution in [0.4, 0.5) is 5.69 Å². The van der Waals surface area contributed by atoms with Gasteiger partial charge in [-0.1, -0.05) is 25.1 Å². The number of rotatable bonds is 9. The Balaban J connectivity index is 1.80. The maximum atomic E-state index is 12.1. The molecule has 0 saturated carbocycles. The Bertz CT molecular complexity index is 741. The van der Waals surface area contributed by atoms with Gasteiger partial charge in [-0.2, -0.15) is 0 Å². The standard InChI is InChI=1S/C18H26N2O3S2/c1-14(13-19-25(22,23)18-5-4-12-24-18)6-11-17(21)15-7-9-16(10-8-15)20(2)3/h4-5,7-10,12,14,17,19,21H,6,11,13H2,1-3H3/t14-,17?/m0/s1. The Labute approximate surface area is 154 Å². The van der Waals surface area contributed by atoms with Crippen molar-refractivity contribution < 1.29 is 13.5 Å². The van der Waals surface area contributed by atoms with Crippen molar-refractivity contribution in [2.75, 3.05) is 25.5 Å². The van der Waals surface area contributed by atoms with Crippen LogP contribution in [-0.2, 0) is 10.0 Å². The third-order valence-corrected chi connectivity index (χ3v) is 6.93. The number of sulfonamides is 1. The molecule has 25 heavy (non-hydrogen) atoms. The minimum Gasteiger partial charge on any atom is -0.388 e. The second kappa shape index (κ2) is 8.80. The Hall–Kier alpha value is -1.41. The minimum atomic E-state index is -3.41. The van der Waals surface area contributed by atoms with Crippen molar-refractivity contribution in [3.05, 3.63) is 47.3 Å². The molecular weight excluding hydrogens is 356 g/mol. The van der Waals surface area contributed by atoms with Crippen LogP contribution in [0.15, 0.2) is 46.0 Å². The molecule has 1 aromatic carbocycles. The summed E-state index contributed by atoms with van der Waals surface area (Å²) in [4.78, 5) is 2.01. The Morgan fingerprint density at radius 1 is 1.16 bits per heavy atom. The lowest BCUT2D eigenvalue weighted by atomic mass is 9.99. The fraction of sp³-hybridized carbons (Fsp3) is 0.444. The molecule has 2 aromatic rings. The third kappa shape index (κ3) is 5.81. The molecule has 0 spiro atoms. The lowest BCUT2D eigenvalue weighted by Gasteiger charge is -2.17. The fourth-order valence-electron chi connectivity index (χ4n) is 2.45. The highest BCUT2D eigenvalue weighted by molar-refractivity contribution is 7.91. The molecule has 2 N–H and O–H groups in total. The molecule has 0 bridgehead atoms. The molecule has 138 valence electrons. The highest BCUT2D eigenvalue weighted by Crippen LogP contribution is 2.23. The van der Waals surface area contributed by atoms with Gasteiger partial charge in [0.2, 0.25) is 10.0 Å². The molecule has 0 aliphatic rings. The van der Waals surface area contributed by atoms with E-state index in [4.69, 9.17) is 0 Å². The molecule has 1 unspecified atom stereocenters. The van der Waals surface area contributed by atoms with Gasteiger partial charge in [0.05, 0.1) is 6.10 Å². The van der Waals surface area contributed by atoms with E-state index >= 15 is 0 Å². The summed E-state index contributed by atoms with van der Waals surface area (Å²) in [6.07, 6.45) is 0.805. The van der Waals surface area contributed by atoms with Crippen molar-refractivity contribution in [3.63, 3.8) is 0 Å². The first-order valence-corrected chi connectivity index (χ1v) is 10.6. The van der Waals surface area contributed by atoms with Crippen molar-refractivity contribution >= 4 is 27.0 Å². The summed E-state index contributed by atoms with van der Waals surface area (Å²) < 4.78 is 27.2. The van der Waals surface area contributed by atoms with Crippen molar-refractivity contribution in [2.24, 2.45) is 5.92 Å². The molecule has 1 heterocycles. The second-order valence-corrected chi connectivity index (χ2v) is 9.41. The minimum absolute atomic E-state index is 0.144. The highest BCUT2D eigenvalue weighted by atomic mass is 32.2. The zero-order chi connectivity index (χ0) is 18.4. The first kappa shape index (κ1) is 19.9. The van der Waals surface area contributed by atoms with E-state index in [9.17, 15) is 13.5 Å². The van der Waals surface area contributed by atoms with Gasteiger partial charge in [0.15, 0.2) is 0 Å². The van der Waals surface area contributed by atoms with Gasteiger partial charge in [0.25, 0.3) is 0 Å². The maximum absolute atomic E-state index is 12.1. The smallest absolute Gasteiger partial charge is 0.250 e. The fourth-order valence-corrected chi connectivity index (χ4v) is 4.65. The van der Waals surface area contributed by atoms with Crippen LogP contribution in [-0.4, -0.2) is 34.2 Å². The SMILES string of the molecule is C[C@@H](CCC(O)c1ccc(N(C)C)cc1)CNS(=O)(=O)c1cccs1. The van der Waals surface area contributed by atoms with E-state index in [1.165, 1.54) is 11.3 Å². The van der Waals surface area contributed by atoms with E-state index in [-0.39, 0.29) is 5.92 Å². The van der Waals surface area contributed by atoms with Gasteiger partial charge < -0.3 is 10.0 Å². The Morgan fingerprint density at radius 3 is 2.40 bits per heavy atom. The summed E-state index contributed by atoms with van der Waals surface area (Å²) in [5.74, 6) is 0.144. The third-order valence-electron chi connectivity index (χ3n) is 4.11. The van der Waals surface area contributed by atoms with Gasteiger partial charge in [0.1, 0.15) is 4.21 Å². The van der Waals surface area contributed by atoms with Crippen LogP contribution in [0.1, 0.15) is 31.4 Å². The highest BCUT2D eigenvalue weighted by Gasteiger charge is 2.17. The molecule has 2 atom stereocenters. The molecule has 2 rings (SSSR count). The summed E-state index contributed by atoms with van der Waals surface area (Å²) in [6.45, 7) is 2.35. The normalized spacial score (nSPS) is 14.2. The summed E-state index contributed by atoms with van der Waals surface area (Å²) in [5, 5.41) is 12.1. The zero-order valence-electron chi connectivity index (χ0n) is 14.8. The van der Waals surface area contributed by atoms with Crippen molar-refractivity contribution in [1.82, 2.24) is 4.72 Å². The molecule has 0 aliphatic carbocycles.